The molecule has 3 amide bonds. The van der Waals surface area contributed by atoms with Crippen LogP contribution in [0.25, 0.3) is 0 Å². The molecule has 0 radical (unpaired) electrons. The lowest BCUT2D eigenvalue weighted by atomic mass is 10.1. The molecule has 2 unspecified atom stereocenters. The Morgan fingerprint density at radius 2 is 2.00 bits per heavy atom. The molecule has 8 heteroatoms. The molecule has 2 atom stereocenters. The number of carbonyl (C=O) groups is 3. The summed E-state index contributed by atoms with van der Waals surface area (Å²) in [5.74, 6) is -0.841. The van der Waals surface area contributed by atoms with Gasteiger partial charge in [0.05, 0.1) is 0 Å². The molecule has 0 spiro atoms. The zero-order valence-corrected chi connectivity index (χ0v) is 12.9. The molecule has 1 aliphatic rings. The van der Waals surface area contributed by atoms with Gasteiger partial charge < -0.3 is 15.8 Å². The van der Waals surface area contributed by atoms with Crippen molar-refractivity contribution >= 4 is 17.9 Å². The van der Waals surface area contributed by atoms with E-state index in [-0.39, 0.29) is 5.91 Å². The van der Waals surface area contributed by atoms with Crippen LogP contribution in [0.1, 0.15) is 40.5 Å². The van der Waals surface area contributed by atoms with Gasteiger partial charge in [0.2, 0.25) is 5.91 Å². The van der Waals surface area contributed by atoms with Gasteiger partial charge in [-0.1, -0.05) is 0 Å². The van der Waals surface area contributed by atoms with Crippen molar-refractivity contribution in [2.45, 2.75) is 58.2 Å². The maximum atomic E-state index is 12.2. The number of hydrogen-bond acceptors (Lipinski definition) is 5. The smallest absolute Gasteiger partial charge is 0.408 e. The number of hydrogen-bond donors (Lipinski definition) is 3. The van der Waals surface area contributed by atoms with E-state index in [0.717, 1.165) is 0 Å². The Kier molecular flexibility index (Phi) is 5.54. The van der Waals surface area contributed by atoms with Crippen LogP contribution in [0.5, 0.6) is 0 Å². The predicted molar refractivity (Wildman–Crippen MR) is 75.9 cm³/mol. The molecule has 0 aromatic rings. The second-order valence-electron chi connectivity index (χ2n) is 6.08. The van der Waals surface area contributed by atoms with E-state index in [1.807, 2.05) is 0 Å². The minimum Gasteiger partial charge on any atom is -0.444 e. The number of nitrogens with one attached hydrogen (secondary N) is 2. The van der Waals surface area contributed by atoms with E-state index in [0.29, 0.717) is 19.4 Å². The second-order valence-corrected chi connectivity index (χ2v) is 6.08. The topological polar surface area (TPSA) is 114 Å². The summed E-state index contributed by atoms with van der Waals surface area (Å²) in [5, 5.41) is 3.79. The molecule has 1 aliphatic heterocycles. The van der Waals surface area contributed by atoms with Crippen molar-refractivity contribution in [3.63, 3.8) is 0 Å². The number of nitrogens with zero attached hydrogens (tertiary/aromatic N) is 1. The maximum Gasteiger partial charge on any atom is 0.408 e. The van der Waals surface area contributed by atoms with Gasteiger partial charge in [-0.15, -0.1) is 0 Å². The first kappa shape index (κ1) is 17.2. The average molecular weight is 300 g/mol. The number of primary amides is 1. The average Bonchev–Trinajstić information content (AvgIpc) is 2.35. The first-order valence-electron chi connectivity index (χ1n) is 6.96. The Hall–Kier alpha value is -1.83. The maximum absolute atomic E-state index is 12.2. The van der Waals surface area contributed by atoms with Crippen LogP contribution in [-0.2, 0) is 14.3 Å². The van der Waals surface area contributed by atoms with Crippen LogP contribution in [0, 0.1) is 0 Å². The summed E-state index contributed by atoms with van der Waals surface area (Å²) in [6.45, 7) is 7.24. The minimum atomic E-state index is -0.765. The number of hydrazine groups is 1. The second kappa shape index (κ2) is 6.75. The molecule has 0 aromatic heterocycles. The van der Waals surface area contributed by atoms with Gasteiger partial charge in [0, 0.05) is 6.54 Å². The Morgan fingerprint density at radius 1 is 1.38 bits per heavy atom. The molecular formula is C13H24N4O4. The van der Waals surface area contributed by atoms with E-state index in [2.05, 4.69) is 10.7 Å². The first-order chi connectivity index (χ1) is 9.60. The zero-order valence-electron chi connectivity index (χ0n) is 12.9. The molecule has 1 fully saturated rings. The molecule has 1 rings (SSSR count). The Balaban J connectivity index is 2.54. The summed E-state index contributed by atoms with van der Waals surface area (Å²) < 4.78 is 5.09. The fraction of sp³-hybridized carbons (Fsp3) is 0.769. The highest BCUT2D eigenvalue weighted by atomic mass is 16.6. The van der Waals surface area contributed by atoms with E-state index < -0.39 is 29.7 Å². The van der Waals surface area contributed by atoms with Gasteiger partial charge >= 0.3 is 6.09 Å². The summed E-state index contributed by atoms with van der Waals surface area (Å²) in [7, 11) is 0. The Bertz CT molecular complexity index is 419. The lowest BCUT2D eigenvalue weighted by Crippen LogP contribution is -2.60. The SMILES string of the molecule is CC(NC(=O)OC(C)(C)C)C(=O)N1CCCC(C(N)=O)N1. The lowest BCUT2D eigenvalue weighted by molar-refractivity contribution is -0.140. The van der Waals surface area contributed by atoms with E-state index in [1.54, 1.807) is 27.7 Å². The number of ether oxygens (including phenoxy) is 1. The van der Waals surface area contributed by atoms with Gasteiger partial charge in [0.1, 0.15) is 17.7 Å². The first-order valence-corrected chi connectivity index (χ1v) is 6.96. The van der Waals surface area contributed by atoms with Crippen molar-refractivity contribution < 1.29 is 19.1 Å². The molecule has 4 N–H and O–H groups in total. The number of rotatable bonds is 3. The largest absolute Gasteiger partial charge is 0.444 e. The number of amides is 3. The number of carbonyl (C=O) groups excluding carboxylic acids is 3. The molecule has 0 bridgehead atoms. The lowest BCUT2D eigenvalue weighted by Gasteiger charge is -2.34. The van der Waals surface area contributed by atoms with E-state index in [1.165, 1.54) is 5.01 Å². The predicted octanol–water partition coefficient (Wildman–Crippen LogP) is -0.119. The van der Waals surface area contributed by atoms with Gasteiger partial charge in [-0.2, -0.15) is 0 Å². The van der Waals surface area contributed by atoms with Crippen LogP contribution in [0.3, 0.4) is 0 Å². The molecular weight excluding hydrogens is 276 g/mol. The van der Waals surface area contributed by atoms with Crippen LogP contribution in [0.15, 0.2) is 0 Å². The van der Waals surface area contributed by atoms with Crippen molar-refractivity contribution in [1.29, 1.82) is 0 Å². The third kappa shape index (κ3) is 5.58. The van der Waals surface area contributed by atoms with Crippen LogP contribution >= 0.6 is 0 Å². The molecule has 0 saturated carbocycles. The van der Waals surface area contributed by atoms with Crippen molar-refractivity contribution in [3.8, 4) is 0 Å². The third-order valence-corrected chi connectivity index (χ3v) is 2.90. The molecule has 21 heavy (non-hydrogen) atoms. The van der Waals surface area contributed by atoms with Crippen LogP contribution in [-0.4, -0.2) is 47.1 Å². The third-order valence-electron chi connectivity index (χ3n) is 2.90. The van der Waals surface area contributed by atoms with Crippen LogP contribution < -0.4 is 16.5 Å². The van der Waals surface area contributed by atoms with Gasteiger partial charge in [-0.05, 0) is 40.5 Å². The quantitative estimate of drug-likeness (QED) is 0.672. The van der Waals surface area contributed by atoms with Crippen LogP contribution in [0.4, 0.5) is 4.79 Å². The number of alkyl carbamates (subject to hydrolysis) is 1. The molecule has 1 saturated heterocycles. The fourth-order valence-electron chi connectivity index (χ4n) is 1.93. The highest BCUT2D eigenvalue weighted by Gasteiger charge is 2.30. The highest BCUT2D eigenvalue weighted by molar-refractivity contribution is 5.86. The zero-order chi connectivity index (χ0) is 16.2. The Morgan fingerprint density at radius 3 is 2.52 bits per heavy atom. The molecule has 120 valence electrons. The standard InChI is InChI=1S/C13H24N4O4/c1-8(15-12(20)21-13(2,3)4)11(19)17-7-5-6-9(16-17)10(14)18/h8-9,16H,5-7H2,1-4H3,(H2,14,18)(H,15,20). The minimum absolute atomic E-state index is 0.341. The normalized spacial score (nSPS) is 20.6. The van der Waals surface area contributed by atoms with Crippen molar-refractivity contribution in [2.75, 3.05) is 6.54 Å². The van der Waals surface area contributed by atoms with Crippen molar-refractivity contribution in [1.82, 2.24) is 15.8 Å². The molecule has 0 aromatic carbocycles. The van der Waals surface area contributed by atoms with Gasteiger partial charge in [0.15, 0.2) is 0 Å². The highest BCUT2D eigenvalue weighted by Crippen LogP contribution is 2.09. The van der Waals surface area contributed by atoms with E-state index in [9.17, 15) is 14.4 Å². The van der Waals surface area contributed by atoms with Crippen molar-refractivity contribution in [2.24, 2.45) is 5.73 Å². The summed E-state index contributed by atoms with van der Waals surface area (Å²) in [6, 6.07) is -1.32. The Labute approximate surface area is 124 Å². The molecule has 0 aliphatic carbocycles. The van der Waals surface area contributed by atoms with E-state index in [4.69, 9.17) is 10.5 Å². The summed E-state index contributed by atoms with van der Waals surface area (Å²) >= 11 is 0. The monoisotopic (exact) mass is 300 g/mol. The molecule has 8 nitrogen and oxygen atoms in total. The van der Waals surface area contributed by atoms with E-state index >= 15 is 0 Å². The summed E-state index contributed by atoms with van der Waals surface area (Å²) in [6.07, 6.45) is 0.602. The summed E-state index contributed by atoms with van der Waals surface area (Å²) in [5.41, 5.74) is 7.37. The molecule has 1 heterocycles. The summed E-state index contributed by atoms with van der Waals surface area (Å²) in [4.78, 5) is 35.0. The van der Waals surface area contributed by atoms with Crippen LogP contribution in [0.2, 0.25) is 0 Å². The van der Waals surface area contributed by atoms with Crippen molar-refractivity contribution in [3.05, 3.63) is 0 Å². The van der Waals surface area contributed by atoms with Gasteiger partial charge in [0.25, 0.3) is 5.91 Å². The number of nitrogens with two attached hydrogens (primary N) is 1. The fourth-order valence-corrected chi connectivity index (χ4v) is 1.93. The van der Waals surface area contributed by atoms with Gasteiger partial charge in [-0.25, -0.2) is 10.2 Å². The van der Waals surface area contributed by atoms with Gasteiger partial charge in [-0.3, -0.25) is 14.6 Å².